The van der Waals surface area contributed by atoms with Gasteiger partial charge in [-0.15, -0.1) is 13.2 Å². The Morgan fingerprint density at radius 2 is 2.00 bits per heavy atom. The van der Waals surface area contributed by atoms with E-state index in [0.717, 1.165) is 12.1 Å². The van der Waals surface area contributed by atoms with E-state index in [2.05, 4.69) is 4.74 Å². The van der Waals surface area contributed by atoms with Gasteiger partial charge in [-0.2, -0.15) is 0 Å². The van der Waals surface area contributed by atoms with E-state index in [1.807, 2.05) is 0 Å². The maximum Gasteiger partial charge on any atom is 0.573 e. The number of carbonyl (C=O) groups is 1. The molecule has 0 fully saturated rings. The van der Waals surface area contributed by atoms with Crippen molar-refractivity contribution in [2.45, 2.75) is 6.36 Å². The number of hydrogen-bond donors (Lipinski definition) is 1. The standard InChI is InChI=1S/C8H5ClF3NO2/c9-4-1-6(13)5(3-14)7(2-4)15-8(10,11)12/h1-3H,13H2. The van der Waals surface area contributed by atoms with Crippen LogP contribution in [0.25, 0.3) is 0 Å². The summed E-state index contributed by atoms with van der Waals surface area (Å²) in [6, 6.07) is 2.03. The summed E-state index contributed by atoms with van der Waals surface area (Å²) < 4.78 is 39.3. The number of carbonyl (C=O) groups excluding carboxylic acids is 1. The first-order valence-corrected chi connectivity index (χ1v) is 4.01. The number of ether oxygens (including phenoxy) is 1. The molecule has 0 saturated carbocycles. The number of benzene rings is 1. The lowest BCUT2D eigenvalue weighted by Gasteiger charge is -2.12. The molecule has 82 valence electrons. The Kier molecular flexibility index (Phi) is 3.09. The minimum atomic E-state index is -4.89. The summed E-state index contributed by atoms with van der Waals surface area (Å²) in [5, 5.41) is -0.0441. The zero-order valence-corrected chi connectivity index (χ0v) is 7.89. The third-order valence-electron chi connectivity index (χ3n) is 1.48. The fourth-order valence-electron chi connectivity index (χ4n) is 0.948. The highest BCUT2D eigenvalue weighted by molar-refractivity contribution is 6.31. The highest BCUT2D eigenvalue weighted by Gasteiger charge is 2.32. The molecule has 0 amide bonds. The summed E-state index contributed by atoms with van der Waals surface area (Å²) in [4.78, 5) is 10.5. The predicted molar refractivity (Wildman–Crippen MR) is 47.9 cm³/mol. The van der Waals surface area contributed by atoms with Crippen LogP contribution in [0.15, 0.2) is 12.1 Å². The summed E-state index contributed by atoms with van der Waals surface area (Å²) in [5.74, 6) is -0.706. The van der Waals surface area contributed by atoms with Crippen molar-refractivity contribution in [3.8, 4) is 5.75 Å². The minimum Gasteiger partial charge on any atom is -0.405 e. The van der Waals surface area contributed by atoms with Crippen molar-refractivity contribution < 1.29 is 22.7 Å². The number of alkyl halides is 3. The molecule has 0 aliphatic rings. The molecule has 1 aromatic carbocycles. The van der Waals surface area contributed by atoms with Gasteiger partial charge in [-0.25, -0.2) is 0 Å². The number of nitrogen functional groups attached to an aromatic ring is 1. The Labute approximate surface area is 87.6 Å². The molecule has 0 heterocycles. The van der Waals surface area contributed by atoms with E-state index < -0.39 is 12.1 Å². The van der Waals surface area contributed by atoms with Crippen molar-refractivity contribution in [2.24, 2.45) is 0 Å². The summed E-state index contributed by atoms with van der Waals surface area (Å²) in [6.07, 6.45) is -4.72. The van der Waals surface area contributed by atoms with Crippen molar-refractivity contribution in [2.75, 3.05) is 5.73 Å². The quantitative estimate of drug-likeness (QED) is 0.638. The van der Waals surface area contributed by atoms with Crippen LogP contribution in [0.5, 0.6) is 5.75 Å². The van der Waals surface area contributed by atoms with Crippen LogP contribution in [0.1, 0.15) is 10.4 Å². The minimum absolute atomic E-state index is 0.0441. The second kappa shape index (κ2) is 3.98. The predicted octanol–water partition coefficient (Wildman–Crippen LogP) is 2.63. The Bertz CT molecular complexity index is 392. The molecule has 0 radical (unpaired) electrons. The van der Waals surface area contributed by atoms with Crippen LogP contribution in [0, 0.1) is 0 Å². The molecule has 0 saturated heterocycles. The number of aldehydes is 1. The Morgan fingerprint density at radius 3 is 2.47 bits per heavy atom. The molecule has 0 bridgehead atoms. The van der Waals surface area contributed by atoms with E-state index in [1.54, 1.807) is 0 Å². The van der Waals surface area contributed by atoms with Crippen LogP contribution in [0.4, 0.5) is 18.9 Å². The monoisotopic (exact) mass is 239 g/mol. The highest BCUT2D eigenvalue weighted by atomic mass is 35.5. The molecule has 0 aliphatic heterocycles. The molecule has 15 heavy (non-hydrogen) atoms. The molecule has 0 aromatic heterocycles. The highest BCUT2D eigenvalue weighted by Crippen LogP contribution is 2.31. The zero-order chi connectivity index (χ0) is 11.6. The van der Waals surface area contributed by atoms with Gasteiger partial charge in [-0.1, -0.05) is 11.6 Å². The third-order valence-corrected chi connectivity index (χ3v) is 1.70. The van der Waals surface area contributed by atoms with Gasteiger partial charge in [0.15, 0.2) is 6.29 Å². The maximum atomic E-state index is 11.9. The second-order valence-electron chi connectivity index (χ2n) is 2.57. The number of hydrogen-bond acceptors (Lipinski definition) is 3. The van der Waals surface area contributed by atoms with Crippen molar-refractivity contribution in [3.63, 3.8) is 0 Å². The summed E-state index contributed by atoms with van der Waals surface area (Å²) in [6.45, 7) is 0. The molecule has 2 N–H and O–H groups in total. The van der Waals surface area contributed by atoms with E-state index >= 15 is 0 Å². The maximum absolute atomic E-state index is 11.9. The lowest BCUT2D eigenvalue weighted by Crippen LogP contribution is -2.18. The molecule has 0 spiro atoms. The van der Waals surface area contributed by atoms with Crippen LogP contribution in [0.3, 0.4) is 0 Å². The fourth-order valence-corrected chi connectivity index (χ4v) is 1.17. The van der Waals surface area contributed by atoms with Gasteiger partial charge in [0, 0.05) is 16.8 Å². The van der Waals surface area contributed by atoms with Crippen molar-refractivity contribution >= 4 is 23.6 Å². The largest absolute Gasteiger partial charge is 0.573 e. The van der Waals surface area contributed by atoms with Crippen LogP contribution in [-0.2, 0) is 0 Å². The molecule has 0 aliphatic carbocycles. The van der Waals surface area contributed by atoms with Gasteiger partial charge in [0.05, 0.1) is 5.56 Å². The number of halogens is 4. The van der Waals surface area contributed by atoms with Crippen molar-refractivity contribution in [3.05, 3.63) is 22.7 Å². The Balaban J connectivity index is 3.21. The molecule has 0 unspecified atom stereocenters. The molecule has 1 rings (SSSR count). The first kappa shape index (κ1) is 11.6. The van der Waals surface area contributed by atoms with Crippen LogP contribution in [-0.4, -0.2) is 12.6 Å². The Morgan fingerprint density at radius 1 is 1.40 bits per heavy atom. The molecule has 1 aromatic rings. The molecule has 0 atom stereocenters. The third kappa shape index (κ3) is 3.02. The van der Waals surface area contributed by atoms with E-state index in [4.69, 9.17) is 17.3 Å². The first-order chi connectivity index (χ1) is 6.83. The van der Waals surface area contributed by atoms with Gasteiger partial charge in [-0.05, 0) is 6.07 Å². The van der Waals surface area contributed by atoms with Gasteiger partial charge in [0.1, 0.15) is 5.75 Å². The van der Waals surface area contributed by atoms with E-state index in [9.17, 15) is 18.0 Å². The lowest BCUT2D eigenvalue weighted by molar-refractivity contribution is -0.274. The van der Waals surface area contributed by atoms with Crippen molar-refractivity contribution in [1.82, 2.24) is 0 Å². The average molecular weight is 240 g/mol. The first-order valence-electron chi connectivity index (χ1n) is 3.63. The fraction of sp³-hybridized carbons (Fsp3) is 0.125. The molecule has 3 nitrogen and oxygen atoms in total. The number of nitrogens with two attached hydrogens (primary N) is 1. The lowest BCUT2D eigenvalue weighted by atomic mass is 10.2. The van der Waals surface area contributed by atoms with Gasteiger partial charge in [-0.3, -0.25) is 4.79 Å². The number of rotatable bonds is 2. The van der Waals surface area contributed by atoms with Crippen LogP contribution < -0.4 is 10.5 Å². The van der Waals surface area contributed by atoms with Gasteiger partial charge < -0.3 is 10.5 Å². The molecular formula is C8H5ClF3NO2. The van der Waals surface area contributed by atoms with Crippen molar-refractivity contribution in [1.29, 1.82) is 0 Å². The normalized spacial score (nSPS) is 11.2. The topological polar surface area (TPSA) is 52.3 Å². The molecular weight excluding hydrogens is 235 g/mol. The van der Waals surface area contributed by atoms with E-state index in [1.165, 1.54) is 0 Å². The summed E-state index contributed by atoms with van der Waals surface area (Å²) in [7, 11) is 0. The SMILES string of the molecule is Nc1cc(Cl)cc(OC(F)(F)F)c1C=O. The summed E-state index contributed by atoms with van der Waals surface area (Å²) >= 11 is 5.46. The van der Waals surface area contributed by atoms with Gasteiger partial charge >= 0.3 is 6.36 Å². The smallest absolute Gasteiger partial charge is 0.405 e. The van der Waals surface area contributed by atoms with Gasteiger partial charge in [0.2, 0.25) is 0 Å². The Hall–Kier alpha value is -1.43. The molecule has 7 heteroatoms. The van der Waals surface area contributed by atoms with Crippen LogP contribution in [0.2, 0.25) is 5.02 Å². The van der Waals surface area contributed by atoms with E-state index in [0.29, 0.717) is 0 Å². The second-order valence-corrected chi connectivity index (χ2v) is 3.01. The van der Waals surface area contributed by atoms with E-state index in [-0.39, 0.29) is 22.6 Å². The summed E-state index contributed by atoms with van der Waals surface area (Å²) in [5.41, 5.74) is 4.74. The average Bonchev–Trinajstić information content (AvgIpc) is 1.99. The van der Waals surface area contributed by atoms with Crippen LogP contribution >= 0.6 is 11.6 Å². The van der Waals surface area contributed by atoms with Gasteiger partial charge in [0.25, 0.3) is 0 Å². The number of anilines is 1. The zero-order valence-electron chi connectivity index (χ0n) is 7.14.